The Bertz CT molecular complexity index is 894. The molecule has 1 unspecified atom stereocenters. The third-order valence-electron chi connectivity index (χ3n) is 3.97. The van der Waals surface area contributed by atoms with Gasteiger partial charge in [0.1, 0.15) is 0 Å². The lowest BCUT2D eigenvalue weighted by Crippen LogP contribution is -2.42. The van der Waals surface area contributed by atoms with Gasteiger partial charge in [0.2, 0.25) is 5.60 Å². The van der Waals surface area contributed by atoms with Crippen LogP contribution in [0, 0.1) is 6.92 Å². The molecule has 0 aliphatic carbocycles. The minimum absolute atomic E-state index is 0.0203. The molecule has 0 fully saturated rings. The van der Waals surface area contributed by atoms with Crippen LogP contribution < -0.4 is 5.48 Å². The second-order valence-corrected chi connectivity index (χ2v) is 7.76. The number of hydroxylamine groups is 1. The summed E-state index contributed by atoms with van der Waals surface area (Å²) < 4.78 is 42.7. The van der Waals surface area contributed by atoms with Crippen molar-refractivity contribution in [2.24, 2.45) is 0 Å². The SMILES string of the molecule is Cc1cc(C2=CC(c3cc(Cl)c(Cl)c(Cl)c3)(C(F)(F)F)ON2)ccc1Br. The summed E-state index contributed by atoms with van der Waals surface area (Å²) in [5.41, 5.74) is 0.943. The number of halogens is 7. The predicted molar refractivity (Wildman–Crippen MR) is 100 cm³/mol. The highest BCUT2D eigenvalue weighted by Crippen LogP contribution is 2.49. The Labute approximate surface area is 171 Å². The molecule has 2 aromatic carbocycles. The van der Waals surface area contributed by atoms with Crippen molar-refractivity contribution in [3.05, 3.63) is 72.6 Å². The fraction of sp³-hybridized carbons (Fsp3) is 0.176. The van der Waals surface area contributed by atoms with E-state index in [2.05, 4.69) is 21.4 Å². The standard InChI is InChI=1S/C17H10BrCl3F3NO/c1-8-4-9(2-3-11(8)18)14-7-16(26-25-14,17(22,23)24)10-5-12(19)15(21)13(20)6-10/h2-7,25H,1H3. The molecule has 0 amide bonds. The molecule has 26 heavy (non-hydrogen) atoms. The van der Waals surface area contributed by atoms with Gasteiger partial charge in [-0.25, -0.2) is 0 Å². The second-order valence-electron chi connectivity index (χ2n) is 5.71. The molecule has 9 heteroatoms. The molecule has 138 valence electrons. The molecule has 2 nitrogen and oxygen atoms in total. The van der Waals surface area contributed by atoms with Crippen LogP contribution in [0.2, 0.25) is 15.1 Å². The fourth-order valence-electron chi connectivity index (χ4n) is 2.57. The van der Waals surface area contributed by atoms with Gasteiger partial charge in [-0.1, -0.05) is 56.8 Å². The van der Waals surface area contributed by atoms with Crippen LogP contribution >= 0.6 is 50.7 Å². The van der Waals surface area contributed by atoms with E-state index in [1.807, 2.05) is 6.92 Å². The molecule has 0 aromatic heterocycles. The minimum Gasteiger partial charge on any atom is -0.265 e. The van der Waals surface area contributed by atoms with Gasteiger partial charge in [0, 0.05) is 15.6 Å². The Balaban J connectivity index is 2.16. The van der Waals surface area contributed by atoms with Crippen LogP contribution in [0.4, 0.5) is 13.2 Å². The Morgan fingerprint density at radius 1 is 1.08 bits per heavy atom. The first-order chi connectivity index (χ1) is 12.0. The van der Waals surface area contributed by atoms with E-state index in [-0.39, 0.29) is 26.3 Å². The molecule has 0 saturated heterocycles. The van der Waals surface area contributed by atoms with Crippen molar-refractivity contribution in [2.45, 2.75) is 18.7 Å². The van der Waals surface area contributed by atoms with Crippen molar-refractivity contribution in [3.8, 4) is 0 Å². The zero-order valence-corrected chi connectivity index (χ0v) is 16.9. The molecule has 0 saturated carbocycles. The highest BCUT2D eigenvalue weighted by atomic mass is 79.9. The molecular formula is C17H10BrCl3F3NO. The van der Waals surface area contributed by atoms with Crippen LogP contribution in [0.3, 0.4) is 0 Å². The van der Waals surface area contributed by atoms with Crippen molar-refractivity contribution >= 4 is 56.4 Å². The molecule has 2 aromatic rings. The summed E-state index contributed by atoms with van der Waals surface area (Å²) in [4.78, 5) is 5.04. The average molecular weight is 488 g/mol. The molecule has 1 aliphatic heterocycles. The van der Waals surface area contributed by atoms with Crippen molar-refractivity contribution in [1.82, 2.24) is 5.48 Å². The highest BCUT2D eigenvalue weighted by molar-refractivity contribution is 9.10. The third-order valence-corrected chi connectivity index (χ3v) is 6.06. The van der Waals surface area contributed by atoms with E-state index in [1.165, 1.54) is 0 Å². The number of benzene rings is 2. The zero-order chi connectivity index (χ0) is 19.3. The van der Waals surface area contributed by atoms with Gasteiger partial charge in [0.05, 0.1) is 20.8 Å². The molecule has 1 heterocycles. The predicted octanol–water partition coefficient (Wildman–Crippen LogP) is 7.05. The van der Waals surface area contributed by atoms with E-state index >= 15 is 0 Å². The van der Waals surface area contributed by atoms with Gasteiger partial charge in [0.25, 0.3) is 0 Å². The van der Waals surface area contributed by atoms with Crippen LogP contribution in [0.1, 0.15) is 16.7 Å². The summed E-state index contributed by atoms with van der Waals surface area (Å²) in [6.45, 7) is 1.83. The smallest absolute Gasteiger partial charge is 0.265 e. The Morgan fingerprint density at radius 2 is 1.69 bits per heavy atom. The van der Waals surface area contributed by atoms with Crippen LogP contribution in [-0.4, -0.2) is 6.18 Å². The maximum Gasteiger partial charge on any atom is 0.428 e. The van der Waals surface area contributed by atoms with Gasteiger partial charge in [-0.05, 0) is 42.8 Å². The molecule has 1 N–H and O–H groups in total. The number of alkyl halides is 3. The Kier molecular flexibility index (Phi) is 5.27. The van der Waals surface area contributed by atoms with Gasteiger partial charge in [-0.2, -0.15) is 13.2 Å². The van der Waals surface area contributed by atoms with Crippen LogP contribution in [0.5, 0.6) is 0 Å². The second kappa shape index (κ2) is 6.91. The maximum atomic E-state index is 14.0. The summed E-state index contributed by atoms with van der Waals surface area (Å²) in [6.07, 6.45) is -3.81. The lowest BCUT2D eigenvalue weighted by molar-refractivity contribution is -0.269. The lowest BCUT2D eigenvalue weighted by Gasteiger charge is -2.29. The van der Waals surface area contributed by atoms with Gasteiger partial charge < -0.3 is 0 Å². The summed E-state index contributed by atoms with van der Waals surface area (Å²) in [7, 11) is 0. The monoisotopic (exact) mass is 485 g/mol. The number of hydrogen-bond acceptors (Lipinski definition) is 2. The lowest BCUT2D eigenvalue weighted by atomic mass is 9.91. The van der Waals surface area contributed by atoms with Crippen molar-refractivity contribution in [3.63, 3.8) is 0 Å². The van der Waals surface area contributed by atoms with E-state index in [4.69, 9.17) is 39.6 Å². The average Bonchev–Trinajstić information content (AvgIpc) is 3.01. The van der Waals surface area contributed by atoms with Gasteiger partial charge in [-0.15, -0.1) is 0 Å². The number of rotatable bonds is 2. The van der Waals surface area contributed by atoms with Crippen molar-refractivity contribution in [1.29, 1.82) is 0 Å². The largest absolute Gasteiger partial charge is 0.428 e. The maximum absolute atomic E-state index is 14.0. The number of hydrogen-bond donors (Lipinski definition) is 1. The molecular weight excluding hydrogens is 477 g/mol. The normalized spacial score (nSPS) is 20.1. The van der Waals surface area contributed by atoms with Crippen molar-refractivity contribution in [2.75, 3.05) is 0 Å². The van der Waals surface area contributed by atoms with Crippen LogP contribution in [-0.2, 0) is 10.4 Å². The molecule has 0 radical (unpaired) electrons. The molecule has 0 bridgehead atoms. The van der Waals surface area contributed by atoms with E-state index in [1.54, 1.807) is 18.2 Å². The van der Waals surface area contributed by atoms with Crippen molar-refractivity contribution < 1.29 is 18.0 Å². The topological polar surface area (TPSA) is 21.3 Å². The van der Waals surface area contributed by atoms with E-state index in [9.17, 15) is 13.2 Å². The first-order valence-electron chi connectivity index (χ1n) is 7.20. The first kappa shape index (κ1) is 19.8. The van der Waals surface area contributed by atoms with E-state index in [0.29, 0.717) is 5.56 Å². The Morgan fingerprint density at radius 3 is 2.23 bits per heavy atom. The highest BCUT2D eigenvalue weighted by Gasteiger charge is 2.59. The first-order valence-corrected chi connectivity index (χ1v) is 9.13. The third kappa shape index (κ3) is 3.34. The zero-order valence-electron chi connectivity index (χ0n) is 13.0. The summed E-state index contributed by atoms with van der Waals surface area (Å²) in [5, 5.41) is -0.210. The molecule has 1 aliphatic rings. The summed E-state index contributed by atoms with van der Waals surface area (Å²) in [5.74, 6) is 0. The summed E-state index contributed by atoms with van der Waals surface area (Å²) in [6, 6.07) is 7.35. The number of aryl methyl sites for hydroxylation is 1. The molecule has 0 spiro atoms. The van der Waals surface area contributed by atoms with E-state index < -0.39 is 11.8 Å². The molecule has 3 rings (SSSR count). The van der Waals surface area contributed by atoms with Crippen LogP contribution in [0.15, 0.2) is 40.9 Å². The van der Waals surface area contributed by atoms with Gasteiger partial charge in [-0.3, -0.25) is 10.3 Å². The summed E-state index contributed by atoms with van der Waals surface area (Å²) >= 11 is 21.0. The fourth-order valence-corrected chi connectivity index (χ4v) is 3.41. The van der Waals surface area contributed by atoms with E-state index in [0.717, 1.165) is 28.2 Å². The Hall–Kier alpha value is -0.920. The minimum atomic E-state index is -4.77. The number of nitrogens with one attached hydrogen (secondary N) is 1. The van der Waals surface area contributed by atoms with Gasteiger partial charge >= 0.3 is 6.18 Å². The quantitative estimate of drug-likeness (QED) is 0.459. The van der Waals surface area contributed by atoms with Gasteiger partial charge in [0.15, 0.2) is 0 Å². The molecule has 1 atom stereocenters. The van der Waals surface area contributed by atoms with Crippen LogP contribution in [0.25, 0.3) is 5.70 Å².